The van der Waals surface area contributed by atoms with Gasteiger partial charge in [-0.05, 0) is 18.8 Å². The molecule has 1 atom stereocenters. The second kappa shape index (κ2) is 5.69. The fraction of sp³-hybridized carbons (Fsp3) is 0.769. The number of nitro groups is 1. The van der Waals surface area contributed by atoms with Crippen molar-refractivity contribution in [3.63, 3.8) is 0 Å². The molecule has 6 nitrogen and oxygen atoms in total. The van der Waals surface area contributed by atoms with Gasteiger partial charge in [0.25, 0.3) is 0 Å². The van der Waals surface area contributed by atoms with Crippen LogP contribution in [0.4, 0.5) is 5.69 Å². The van der Waals surface area contributed by atoms with Crippen LogP contribution in [-0.4, -0.2) is 20.7 Å². The highest BCUT2D eigenvalue weighted by atomic mass is 16.6. The van der Waals surface area contributed by atoms with Crippen molar-refractivity contribution in [3.05, 3.63) is 21.5 Å². The van der Waals surface area contributed by atoms with Gasteiger partial charge in [0.2, 0.25) is 0 Å². The summed E-state index contributed by atoms with van der Waals surface area (Å²) in [5, 5.41) is 15.5. The van der Waals surface area contributed by atoms with E-state index in [4.69, 9.17) is 5.73 Å². The lowest BCUT2D eigenvalue weighted by atomic mass is 9.84. The molecule has 0 amide bonds. The minimum absolute atomic E-state index is 0.0942. The smallest absolute Gasteiger partial charge is 0.313 e. The molecule has 0 saturated carbocycles. The zero-order valence-corrected chi connectivity index (χ0v) is 12.4. The van der Waals surface area contributed by atoms with Crippen LogP contribution in [0.15, 0.2) is 0 Å². The zero-order valence-electron chi connectivity index (χ0n) is 12.4. The van der Waals surface area contributed by atoms with Gasteiger partial charge in [-0.25, -0.2) is 0 Å². The Hall–Kier alpha value is -1.43. The first kappa shape index (κ1) is 15.6. The molecule has 2 N–H and O–H groups in total. The summed E-state index contributed by atoms with van der Waals surface area (Å²) in [7, 11) is 0. The van der Waals surface area contributed by atoms with Gasteiger partial charge in [0.15, 0.2) is 0 Å². The van der Waals surface area contributed by atoms with Crippen LogP contribution < -0.4 is 5.73 Å². The average molecular weight is 268 g/mol. The highest BCUT2D eigenvalue weighted by molar-refractivity contribution is 5.41. The summed E-state index contributed by atoms with van der Waals surface area (Å²) < 4.78 is 1.74. The lowest BCUT2D eigenvalue weighted by Gasteiger charge is -2.26. The van der Waals surface area contributed by atoms with E-state index in [1.807, 2.05) is 27.7 Å². The minimum atomic E-state index is -0.348. The van der Waals surface area contributed by atoms with E-state index in [0.717, 1.165) is 6.42 Å². The molecule has 1 aromatic rings. The summed E-state index contributed by atoms with van der Waals surface area (Å²) in [5.41, 5.74) is 7.30. The van der Waals surface area contributed by atoms with Crippen LogP contribution in [0, 0.1) is 22.5 Å². The van der Waals surface area contributed by atoms with Gasteiger partial charge < -0.3 is 5.73 Å². The summed E-state index contributed by atoms with van der Waals surface area (Å²) >= 11 is 0. The third-order valence-electron chi connectivity index (χ3n) is 3.34. The maximum absolute atomic E-state index is 11.2. The standard InChI is InChI=1S/C13H24N4O2/c1-6-7-16-10(8-11(14)13(3,4)5)12(17(18)19)9(2)15-16/h11H,6-8,14H2,1-5H3. The van der Waals surface area contributed by atoms with Crippen LogP contribution in [0.1, 0.15) is 45.5 Å². The number of aryl methyl sites for hydroxylation is 2. The molecule has 0 saturated heterocycles. The van der Waals surface area contributed by atoms with Crippen LogP contribution in [0.2, 0.25) is 0 Å². The first-order valence-corrected chi connectivity index (χ1v) is 6.64. The van der Waals surface area contributed by atoms with Gasteiger partial charge in [-0.1, -0.05) is 27.7 Å². The number of nitrogens with zero attached hydrogens (tertiary/aromatic N) is 3. The summed E-state index contributed by atoms with van der Waals surface area (Å²) in [6, 6.07) is -0.141. The lowest BCUT2D eigenvalue weighted by Crippen LogP contribution is -2.37. The molecule has 19 heavy (non-hydrogen) atoms. The second-order valence-electron chi connectivity index (χ2n) is 6.04. The van der Waals surface area contributed by atoms with Crippen molar-refractivity contribution in [2.75, 3.05) is 0 Å². The van der Waals surface area contributed by atoms with E-state index in [0.29, 0.717) is 24.4 Å². The van der Waals surface area contributed by atoms with Gasteiger partial charge >= 0.3 is 5.69 Å². The molecule has 0 aliphatic carbocycles. The maximum Gasteiger partial charge on any atom is 0.313 e. The molecular formula is C13H24N4O2. The third kappa shape index (κ3) is 3.53. The van der Waals surface area contributed by atoms with Crippen molar-refractivity contribution >= 4 is 5.69 Å². The number of rotatable bonds is 5. The Morgan fingerprint density at radius 2 is 2.05 bits per heavy atom. The highest BCUT2D eigenvalue weighted by Crippen LogP contribution is 2.28. The molecule has 1 heterocycles. The number of hydrogen-bond donors (Lipinski definition) is 1. The largest absolute Gasteiger partial charge is 0.327 e. The molecule has 108 valence electrons. The van der Waals surface area contributed by atoms with E-state index in [1.54, 1.807) is 11.6 Å². The Balaban J connectivity index is 3.18. The van der Waals surface area contributed by atoms with Crippen LogP contribution >= 0.6 is 0 Å². The fourth-order valence-corrected chi connectivity index (χ4v) is 1.97. The Bertz CT molecular complexity index is 460. The van der Waals surface area contributed by atoms with Gasteiger partial charge in [0, 0.05) is 19.0 Å². The van der Waals surface area contributed by atoms with E-state index < -0.39 is 0 Å². The maximum atomic E-state index is 11.2. The number of aromatic nitrogens is 2. The van der Waals surface area contributed by atoms with Crippen molar-refractivity contribution < 1.29 is 4.92 Å². The predicted molar refractivity (Wildman–Crippen MR) is 75.0 cm³/mol. The Labute approximate surface area is 114 Å². The Morgan fingerprint density at radius 1 is 1.47 bits per heavy atom. The van der Waals surface area contributed by atoms with Crippen LogP contribution in [-0.2, 0) is 13.0 Å². The second-order valence-corrected chi connectivity index (χ2v) is 6.04. The molecule has 0 aliphatic heterocycles. The molecular weight excluding hydrogens is 244 g/mol. The molecule has 6 heteroatoms. The third-order valence-corrected chi connectivity index (χ3v) is 3.34. The average Bonchev–Trinajstić information content (AvgIpc) is 2.54. The van der Waals surface area contributed by atoms with Crippen molar-refractivity contribution in [3.8, 4) is 0 Å². The molecule has 0 radical (unpaired) electrons. The van der Waals surface area contributed by atoms with E-state index in [1.165, 1.54) is 0 Å². The SMILES string of the molecule is CCCn1nc(C)c([N+](=O)[O-])c1CC(N)C(C)(C)C. The molecule has 1 unspecified atom stereocenters. The quantitative estimate of drug-likeness (QED) is 0.656. The Kier molecular flexibility index (Phi) is 4.68. The summed E-state index contributed by atoms with van der Waals surface area (Å²) in [6.07, 6.45) is 1.36. The fourth-order valence-electron chi connectivity index (χ4n) is 1.97. The molecule has 0 fully saturated rings. The van der Waals surface area contributed by atoms with Gasteiger partial charge in [0.05, 0.1) is 4.92 Å². The van der Waals surface area contributed by atoms with E-state index >= 15 is 0 Å². The van der Waals surface area contributed by atoms with Gasteiger partial charge in [0.1, 0.15) is 11.4 Å². The van der Waals surface area contributed by atoms with Crippen molar-refractivity contribution in [1.82, 2.24) is 9.78 Å². The highest BCUT2D eigenvalue weighted by Gasteiger charge is 2.29. The molecule has 1 rings (SSSR count). The molecule has 0 spiro atoms. The van der Waals surface area contributed by atoms with E-state index in [-0.39, 0.29) is 22.1 Å². The monoisotopic (exact) mass is 268 g/mol. The first-order chi connectivity index (χ1) is 8.68. The van der Waals surface area contributed by atoms with Crippen molar-refractivity contribution in [2.45, 2.75) is 60.0 Å². The summed E-state index contributed by atoms with van der Waals surface area (Å²) in [4.78, 5) is 10.9. The Morgan fingerprint density at radius 3 is 2.47 bits per heavy atom. The van der Waals surface area contributed by atoms with E-state index in [9.17, 15) is 10.1 Å². The molecule has 0 bridgehead atoms. The minimum Gasteiger partial charge on any atom is -0.327 e. The first-order valence-electron chi connectivity index (χ1n) is 6.64. The molecule has 0 aliphatic rings. The van der Waals surface area contributed by atoms with Gasteiger partial charge in [-0.15, -0.1) is 0 Å². The van der Waals surface area contributed by atoms with E-state index in [2.05, 4.69) is 5.10 Å². The van der Waals surface area contributed by atoms with Crippen molar-refractivity contribution in [2.24, 2.45) is 11.1 Å². The predicted octanol–water partition coefficient (Wildman–Crippen LogP) is 2.43. The zero-order chi connectivity index (χ0) is 14.8. The number of hydrogen-bond acceptors (Lipinski definition) is 4. The summed E-state index contributed by atoms with van der Waals surface area (Å²) in [6.45, 7) is 10.5. The van der Waals surface area contributed by atoms with Gasteiger partial charge in [-0.3, -0.25) is 14.8 Å². The van der Waals surface area contributed by atoms with Gasteiger partial charge in [-0.2, -0.15) is 5.10 Å². The molecule has 1 aromatic heterocycles. The molecule has 0 aromatic carbocycles. The van der Waals surface area contributed by atoms with Crippen LogP contribution in [0.25, 0.3) is 0 Å². The summed E-state index contributed by atoms with van der Waals surface area (Å²) in [5.74, 6) is 0. The van der Waals surface area contributed by atoms with Crippen molar-refractivity contribution in [1.29, 1.82) is 0 Å². The lowest BCUT2D eigenvalue weighted by molar-refractivity contribution is -0.386. The normalized spacial score (nSPS) is 13.6. The van der Waals surface area contributed by atoms with Crippen LogP contribution in [0.3, 0.4) is 0 Å². The number of nitrogens with two attached hydrogens (primary N) is 1. The van der Waals surface area contributed by atoms with Crippen LogP contribution in [0.5, 0.6) is 0 Å². The topological polar surface area (TPSA) is 87.0 Å².